The number of nitrogens with zero attached hydrogens (tertiary/aromatic N) is 1. The normalized spacial score (nSPS) is 15.1. The van der Waals surface area contributed by atoms with Gasteiger partial charge in [0.25, 0.3) is 0 Å². The molecule has 0 aromatic heterocycles. The molecule has 1 saturated heterocycles. The zero-order valence-electron chi connectivity index (χ0n) is 17.1. The average Bonchev–Trinajstić information content (AvgIpc) is 2.78. The first-order valence-electron chi connectivity index (χ1n) is 10.2. The molecule has 1 heterocycles. The lowest BCUT2D eigenvalue weighted by Gasteiger charge is -2.25. The molecule has 1 aliphatic heterocycles. The number of carbonyl (C=O) groups is 1. The Hall–Kier alpha value is -2.52. The number of rotatable bonds is 9. The summed E-state index contributed by atoms with van der Waals surface area (Å²) in [5.74, 6) is -0.0891. The molecule has 2 aromatic rings. The number of hydrogen-bond acceptors (Lipinski definition) is 4. The van der Waals surface area contributed by atoms with E-state index in [0.717, 1.165) is 30.4 Å². The van der Waals surface area contributed by atoms with Gasteiger partial charge >= 0.3 is 6.61 Å². The minimum atomic E-state index is -3.46. The highest BCUT2D eigenvalue weighted by Gasteiger charge is 2.25. The highest BCUT2D eigenvalue weighted by Crippen LogP contribution is 2.21. The van der Waals surface area contributed by atoms with Crippen LogP contribution in [0, 0.1) is 0 Å². The van der Waals surface area contributed by atoms with Crippen LogP contribution < -0.4 is 10.1 Å². The lowest BCUT2D eigenvalue weighted by atomic mass is 10.1. The number of sulfonamides is 1. The second-order valence-corrected chi connectivity index (χ2v) is 9.35. The Bertz CT molecular complexity index is 958. The van der Waals surface area contributed by atoms with E-state index in [4.69, 9.17) is 0 Å². The summed E-state index contributed by atoms with van der Waals surface area (Å²) in [7, 11) is -3.46. The maximum atomic E-state index is 12.7. The van der Waals surface area contributed by atoms with E-state index in [0.29, 0.717) is 19.5 Å². The maximum absolute atomic E-state index is 12.7. The summed E-state index contributed by atoms with van der Waals surface area (Å²) in [6.45, 7) is -1.47. The summed E-state index contributed by atoms with van der Waals surface area (Å²) in [5.41, 5.74) is 1.64. The van der Waals surface area contributed by atoms with Crippen molar-refractivity contribution in [3.63, 3.8) is 0 Å². The number of nitrogens with one attached hydrogen (secondary N) is 1. The van der Waals surface area contributed by atoms with Gasteiger partial charge in [0.15, 0.2) is 0 Å². The largest absolute Gasteiger partial charge is 0.435 e. The van der Waals surface area contributed by atoms with Gasteiger partial charge in [-0.2, -0.15) is 13.1 Å². The first-order chi connectivity index (χ1) is 14.8. The Kier molecular flexibility index (Phi) is 7.97. The fraction of sp³-hybridized carbons (Fsp3) is 0.409. The fourth-order valence-electron chi connectivity index (χ4n) is 3.42. The third kappa shape index (κ3) is 6.73. The Balaban J connectivity index is 1.46. The number of amides is 1. The SMILES string of the molecule is O=C(CCc1ccc(S(=O)(=O)N2CCCCC2)cc1)NCc1ccc(OC(F)F)cc1. The van der Waals surface area contributed by atoms with Crippen molar-refractivity contribution in [2.75, 3.05) is 13.1 Å². The molecule has 1 amide bonds. The second kappa shape index (κ2) is 10.7. The monoisotopic (exact) mass is 452 g/mol. The summed E-state index contributed by atoms with van der Waals surface area (Å²) < 4.78 is 55.5. The number of hydrogen-bond donors (Lipinski definition) is 1. The molecule has 0 unspecified atom stereocenters. The minimum absolute atomic E-state index is 0.0656. The molecule has 0 saturated carbocycles. The quantitative estimate of drug-likeness (QED) is 0.629. The van der Waals surface area contributed by atoms with E-state index in [1.54, 1.807) is 36.4 Å². The van der Waals surface area contributed by atoms with E-state index in [2.05, 4.69) is 10.1 Å². The van der Waals surface area contributed by atoms with Gasteiger partial charge < -0.3 is 10.1 Å². The molecular weight excluding hydrogens is 426 g/mol. The molecule has 2 aromatic carbocycles. The van der Waals surface area contributed by atoms with Crippen molar-refractivity contribution in [1.29, 1.82) is 0 Å². The summed E-state index contributed by atoms with van der Waals surface area (Å²) in [5, 5.41) is 2.78. The molecule has 0 aliphatic carbocycles. The van der Waals surface area contributed by atoms with Gasteiger partial charge in [0, 0.05) is 26.1 Å². The second-order valence-electron chi connectivity index (χ2n) is 7.41. The van der Waals surface area contributed by atoms with Crippen LogP contribution in [0.15, 0.2) is 53.4 Å². The van der Waals surface area contributed by atoms with Crippen LogP contribution in [0.25, 0.3) is 0 Å². The van der Waals surface area contributed by atoms with Crippen LogP contribution in [0.2, 0.25) is 0 Å². The van der Waals surface area contributed by atoms with Crippen LogP contribution in [-0.2, 0) is 27.8 Å². The lowest BCUT2D eigenvalue weighted by Crippen LogP contribution is -2.35. The average molecular weight is 453 g/mol. The molecule has 6 nitrogen and oxygen atoms in total. The molecule has 0 bridgehead atoms. The molecule has 31 heavy (non-hydrogen) atoms. The van der Waals surface area contributed by atoms with Gasteiger partial charge in [0.05, 0.1) is 4.90 Å². The fourth-order valence-corrected chi connectivity index (χ4v) is 4.94. The number of benzene rings is 2. The third-order valence-corrected chi connectivity index (χ3v) is 7.07. The molecule has 9 heteroatoms. The molecular formula is C22H26F2N2O4S. The van der Waals surface area contributed by atoms with E-state index < -0.39 is 16.6 Å². The Morgan fingerprint density at radius 3 is 2.19 bits per heavy atom. The van der Waals surface area contributed by atoms with Gasteiger partial charge in [0.2, 0.25) is 15.9 Å². The van der Waals surface area contributed by atoms with Gasteiger partial charge in [-0.1, -0.05) is 30.7 Å². The van der Waals surface area contributed by atoms with Crippen LogP contribution in [0.4, 0.5) is 8.78 Å². The van der Waals surface area contributed by atoms with Gasteiger partial charge in [0.1, 0.15) is 5.75 Å². The van der Waals surface area contributed by atoms with Crippen molar-refractivity contribution in [1.82, 2.24) is 9.62 Å². The Labute approximate surface area is 181 Å². The van der Waals surface area contributed by atoms with Crippen LogP contribution in [0.3, 0.4) is 0 Å². The predicted molar refractivity (Wildman–Crippen MR) is 112 cm³/mol. The highest BCUT2D eigenvalue weighted by atomic mass is 32.2. The van der Waals surface area contributed by atoms with Crippen LogP contribution in [-0.4, -0.2) is 38.3 Å². The van der Waals surface area contributed by atoms with E-state index in [1.165, 1.54) is 16.4 Å². The van der Waals surface area contributed by atoms with Crippen LogP contribution in [0.1, 0.15) is 36.8 Å². The van der Waals surface area contributed by atoms with E-state index in [9.17, 15) is 22.0 Å². The van der Waals surface area contributed by atoms with Crippen molar-refractivity contribution < 1.29 is 26.7 Å². The van der Waals surface area contributed by atoms with Crippen molar-refractivity contribution in [3.8, 4) is 5.75 Å². The summed E-state index contributed by atoms with van der Waals surface area (Å²) in [6, 6.07) is 12.7. The lowest BCUT2D eigenvalue weighted by molar-refractivity contribution is -0.121. The van der Waals surface area contributed by atoms with Crippen molar-refractivity contribution in [3.05, 3.63) is 59.7 Å². The number of halogens is 2. The van der Waals surface area contributed by atoms with Gasteiger partial charge in [-0.3, -0.25) is 4.79 Å². The number of ether oxygens (including phenoxy) is 1. The predicted octanol–water partition coefficient (Wildman–Crippen LogP) is 3.71. The van der Waals surface area contributed by atoms with Crippen LogP contribution in [0.5, 0.6) is 5.75 Å². The van der Waals surface area contributed by atoms with Gasteiger partial charge in [-0.05, 0) is 54.7 Å². The number of alkyl halides is 2. The number of piperidine rings is 1. The molecule has 168 valence electrons. The highest BCUT2D eigenvalue weighted by molar-refractivity contribution is 7.89. The summed E-state index contributed by atoms with van der Waals surface area (Å²) in [4.78, 5) is 12.4. The first kappa shape index (κ1) is 23.1. The Morgan fingerprint density at radius 1 is 0.968 bits per heavy atom. The smallest absolute Gasteiger partial charge is 0.387 e. The van der Waals surface area contributed by atoms with E-state index in [1.807, 2.05) is 0 Å². The number of aryl methyl sites for hydroxylation is 1. The van der Waals surface area contributed by atoms with Crippen LogP contribution >= 0.6 is 0 Å². The molecule has 0 radical (unpaired) electrons. The summed E-state index contributed by atoms with van der Waals surface area (Å²) in [6.07, 6.45) is 3.58. The van der Waals surface area contributed by atoms with Gasteiger partial charge in [-0.15, -0.1) is 0 Å². The van der Waals surface area contributed by atoms with Gasteiger partial charge in [-0.25, -0.2) is 8.42 Å². The topological polar surface area (TPSA) is 75.7 Å². The molecule has 0 atom stereocenters. The zero-order chi connectivity index (χ0) is 22.3. The molecule has 3 rings (SSSR count). The summed E-state index contributed by atoms with van der Waals surface area (Å²) >= 11 is 0. The molecule has 1 N–H and O–H groups in total. The van der Waals surface area contributed by atoms with Crippen molar-refractivity contribution in [2.45, 2.75) is 50.2 Å². The maximum Gasteiger partial charge on any atom is 0.387 e. The van der Waals surface area contributed by atoms with Crippen molar-refractivity contribution in [2.24, 2.45) is 0 Å². The standard InChI is InChI=1S/C22H26F2N2O4S/c23-22(24)30-19-9-4-18(5-10-19)16-25-21(27)13-8-17-6-11-20(12-7-17)31(28,29)26-14-2-1-3-15-26/h4-7,9-12,22H,1-3,8,13-16H2,(H,25,27). The zero-order valence-corrected chi connectivity index (χ0v) is 17.9. The number of carbonyl (C=O) groups excluding carboxylic acids is 1. The van der Waals surface area contributed by atoms with E-state index >= 15 is 0 Å². The molecule has 1 fully saturated rings. The first-order valence-corrected chi connectivity index (χ1v) is 11.7. The van der Waals surface area contributed by atoms with E-state index in [-0.39, 0.29) is 29.5 Å². The molecule has 1 aliphatic rings. The Morgan fingerprint density at radius 2 is 1.58 bits per heavy atom. The molecule has 0 spiro atoms. The minimum Gasteiger partial charge on any atom is -0.435 e. The van der Waals surface area contributed by atoms with Crippen molar-refractivity contribution >= 4 is 15.9 Å². The third-order valence-electron chi connectivity index (χ3n) is 5.16.